The summed E-state index contributed by atoms with van der Waals surface area (Å²) in [5.74, 6) is 1.48. The lowest BCUT2D eigenvalue weighted by molar-refractivity contribution is 0.0724. The average molecular weight is 342 g/mol. The van der Waals surface area contributed by atoms with Crippen LogP contribution in [-0.4, -0.2) is 42.7 Å². The SMILES string of the molecule is CCc1nc([C@@H]2CCCN2C(=O)c2cc(-c3cccs3)[nH]n2)n[nH]1. The molecule has 1 amide bonds. The Morgan fingerprint density at radius 2 is 2.33 bits per heavy atom. The van der Waals surface area contributed by atoms with Gasteiger partial charge in [-0.3, -0.25) is 15.0 Å². The van der Waals surface area contributed by atoms with Crippen LogP contribution in [0.2, 0.25) is 0 Å². The number of thiophene rings is 1. The fourth-order valence-corrected chi connectivity index (χ4v) is 3.72. The number of nitrogens with zero attached hydrogens (tertiary/aromatic N) is 4. The largest absolute Gasteiger partial charge is 0.327 e. The van der Waals surface area contributed by atoms with E-state index in [9.17, 15) is 4.79 Å². The molecule has 0 radical (unpaired) electrons. The first-order chi connectivity index (χ1) is 11.8. The summed E-state index contributed by atoms with van der Waals surface area (Å²) in [5, 5.41) is 16.4. The molecule has 1 aliphatic heterocycles. The third kappa shape index (κ3) is 2.62. The van der Waals surface area contributed by atoms with E-state index in [-0.39, 0.29) is 11.9 Å². The van der Waals surface area contributed by atoms with E-state index in [4.69, 9.17) is 0 Å². The topological polar surface area (TPSA) is 90.6 Å². The van der Waals surface area contributed by atoms with Gasteiger partial charge in [-0.1, -0.05) is 13.0 Å². The minimum Gasteiger partial charge on any atom is -0.327 e. The van der Waals surface area contributed by atoms with Gasteiger partial charge in [0.2, 0.25) is 0 Å². The minimum atomic E-state index is -0.0732. The number of rotatable bonds is 4. The second kappa shape index (κ2) is 6.20. The van der Waals surface area contributed by atoms with Crippen LogP contribution < -0.4 is 0 Å². The van der Waals surface area contributed by atoms with Gasteiger partial charge >= 0.3 is 0 Å². The van der Waals surface area contributed by atoms with Crippen molar-refractivity contribution in [3.8, 4) is 10.6 Å². The zero-order valence-electron chi connectivity index (χ0n) is 13.3. The van der Waals surface area contributed by atoms with E-state index in [0.29, 0.717) is 18.1 Å². The number of aromatic nitrogens is 5. The van der Waals surface area contributed by atoms with Crippen molar-refractivity contribution in [2.45, 2.75) is 32.2 Å². The van der Waals surface area contributed by atoms with Gasteiger partial charge in [-0.15, -0.1) is 11.3 Å². The molecule has 0 unspecified atom stereocenters. The van der Waals surface area contributed by atoms with Crippen LogP contribution >= 0.6 is 11.3 Å². The van der Waals surface area contributed by atoms with Gasteiger partial charge in [0.25, 0.3) is 5.91 Å². The molecule has 1 atom stereocenters. The molecule has 1 aliphatic rings. The van der Waals surface area contributed by atoms with Crippen molar-refractivity contribution in [2.24, 2.45) is 0 Å². The van der Waals surface area contributed by atoms with Gasteiger partial charge in [0.05, 0.1) is 16.6 Å². The molecule has 4 rings (SSSR count). The molecule has 1 saturated heterocycles. The number of aromatic amines is 2. The first kappa shape index (κ1) is 15.1. The summed E-state index contributed by atoms with van der Waals surface area (Å²) in [7, 11) is 0. The van der Waals surface area contributed by atoms with Crippen LogP contribution in [0.4, 0.5) is 0 Å². The summed E-state index contributed by atoms with van der Waals surface area (Å²) in [6, 6.07) is 5.73. The summed E-state index contributed by atoms with van der Waals surface area (Å²) in [6.07, 6.45) is 2.64. The Kier molecular flexibility index (Phi) is 3.89. The quantitative estimate of drug-likeness (QED) is 0.763. The van der Waals surface area contributed by atoms with Crippen LogP contribution in [0.25, 0.3) is 10.6 Å². The standard InChI is InChI=1S/C16H18N6OS/c1-2-14-17-15(21-20-14)12-5-3-7-22(12)16(23)11-9-10(18-19-11)13-6-4-8-24-13/h4,6,8-9,12H,2-3,5,7H2,1H3,(H,18,19)(H,17,20,21)/t12-/m0/s1. The Labute approximate surface area is 143 Å². The van der Waals surface area contributed by atoms with Gasteiger partial charge in [0.1, 0.15) is 5.82 Å². The van der Waals surface area contributed by atoms with E-state index >= 15 is 0 Å². The van der Waals surface area contributed by atoms with E-state index in [2.05, 4.69) is 25.4 Å². The molecule has 0 aromatic carbocycles. The normalized spacial score (nSPS) is 17.5. The third-order valence-corrected chi connectivity index (χ3v) is 5.18. The number of aryl methyl sites for hydroxylation is 1. The zero-order chi connectivity index (χ0) is 16.5. The second-order valence-electron chi connectivity index (χ2n) is 5.79. The summed E-state index contributed by atoms with van der Waals surface area (Å²) >= 11 is 1.62. The highest BCUT2D eigenvalue weighted by molar-refractivity contribution is 7.13. The van der Waals surface area contributed by atoms with Gasteiger partial charge in [-0.05, 0) is 30.4 Å². The predicted octanol–water partition coefficient (Wildman–Crippen LogP) is 2.80. The number of H-pyrrole nitrogens is 2. The first-order valence-corrected chi connectivity index (χ1v) is 8.95. The molecule has 124 valence electrons. The number of hydrogen-bond donors (Lipinski definition) is 2. The van der Waals surface area contributed by atoms with Gasteiger partial charge in [0.15, 0.2) is 11.5 Å². The Morgan fingerprint density at radius 3 is 3.08 bits per heavy atom. The van der Waals surface area contributed by atoms with Crippen LogP contribution in [0.15, 0.2) is 23.6 Å². The van der Waals surface area contributed by atoms with Gasteiger partial charge in [-0.2, -0.15) is 10.2 Å². The number of hydrogen-bond acceptors (Lipinski definition) is 5. The van der Waals surface area contributed by atoms with Crippen molar-refractivity contribution >= 4 is 17.2 Å². The van der Waals surface area contributed by atoms with Crippen molar-refractivity contribution in [3.05, 3.63) is 40.9 Å². The number of nitrogens with one attached hydrogen (secondary N) is 2. The van der Waals surface area contributed by atoms with E-state index < -0.39 is 0 Å². The van der Waals surface area contributed by atoms with Crippen molar-refractivity contribution in [2.75, 3.05) is 6.54 Å². The molecule has 1 fully saturated rings. The number of carbonyl (C=O) groups is 1. The second-order valence-corrected chi connectivity index (χ2v) is 6.74. The molecular formula is C16H18N6OS. The van der Waals surface area contributed by atoms with Crippen molar-refractivity contribution < 1.29 is 4.79 Å². The molecule has 3 aromatic heterocycles. The summed E-state index contributed by atoms with van der Waals surface area (Å²) in [5.41, 5.74) is 1.31. The van der Waals surface area contributed by atoms with Crippen LogP contribution in [0, 0.1) is 0 Å². The van der Waals surface area contributed by atoms with Gasteiger partial charge < -0.3 is 4.90 Å². The summed E-state index contributed by atoms with van der Waals surface area (Å²) < 4.78 is 0. The molecule has 0 aliphatic carbocycles. The highest BCUT2D eigenvalue weighted by atomic mass is 32.1. The molecular weight excluding hydrogens is 324 g/mol. The lowest BCUT2D eigenvalue weighted by Crippen LogP contribution is -2.31. The molecule has 3 aromatic rings. The molecule has 8 heteroatoms. The van der Waals surface area contributed by atoms with Gasteiger partial charge in [-0.25, -0.2) is 4.98 Å². The summed E-state index contributed by atoms with van der Waals surface area (Å²) in [4.78, 5) is 20.3. The van der Waals surface area contributed by atoms with E-state index in [1.807, 2.05) is 35.4 Å². The molecule has 0 saturated carbocycles. The number of likely N-dealkylation sites (tertiary alicyclic amines) is 1. The molecule has 7 nitrogen and oxygen atoms in total. The van der Waals surface area contributed by atoms with E-state index in [0.717, 1.165) is 35.7 Å². The maximum absolute atomic E-state index is 12.9. The van der Waals surface area contributed by atoms with Crippen LogP contribution in [0.1, 0.15) is 47.9 Å². The van der Waals surface area contributed by atoms with Crippen molar-refractivity contribution in [3.63, 3.8) is 0 Å². The maximum Gasteiger partial charge on any atom is 0.274 e. The highest BCUT2D eigenvalue weighted by Crippen LogP contribution is 2.31. The van der Waals surface area contributed by atoms with E-state index in [1.54, 1.807) is 11.3 Å². The molecule has 0 bridgehead atoms. The van der Waals surface area contributed by atoms with Crippen molar-refractivity contribution in [1.29, 1.82) is 0 Å². The summed E-state index contributed by atoms with van der Waals surface area (Å²) in [6.45, 7) is 2.73. The first-order valence-electron chi connectivity index (χ1n) is 8.07. The molecule has 4 heterocycles. The Hall–Kier alpha value is -2.48. The fraction of sp³-hybridized carbons (Fsp3) is 0.375. The van der Waals surface area contributed by atoms with Crippen molar-refractivity contribution in [1.82, 2.24) is 30.3 Å². The van der Waals surface area contributed by atoms with Crippen LogP contribution in [0.3, 0.4) is 0 Å². The minimum absolute atomic E-state index is 0.0700. The Morgan fingerprint density at radius 1 is 1.42 bits per heavy atom. The van der Waals surface area contributed by atoms with Crippen LogP contribution in [0.5, 0.6) is 0 Å². The molecule has 2 N–H and O–H groups in total. The van der Waals surface area contributed by atoms with Gasteiger partial charge in [0, 0.05) is 13.0 Å². The third-order valence-electron chi connectivity index (χ3n) is 4.28. The molecule has 24 heavy (non-hydrogen) atoms. The lowest BCUT2D eigenvalue weighted by Gasteiger charge is -2.21. The number of carbonyl (C=O) groups excluding carboxylic acids is 1. The zero-order valence-corrected chi connectivity index (χ0v) is 14.1. The monoisotopic (exact) mass is 342 g/mol. The average Bonchev–Trinajstić information content (AvgIpc) is 3.41. The van der Waals surface area contributed by atoms with Crippen LogP contribution in [-0.2, 0) is 6.42 Å². The smallest absolute Gasteiger partial charge is 0.274 e. The predicted molar refractivity (Wildman–Crippen MR) is 90.7 cm³/mol. The lowest BCUT2D eigenvalue weighted by atomic mass is 10.2. The Balaban J connectivity index is 1.57. The van der Waals surface area contributed by atoms with E-state index in [1.165, 1.54) is 0 Å². The fourth-order valence-electron chi connectivity index (χ4n) is 3.03. The molecule has 0 spiro atoms. The Bertz CT molecular complexity index is 837. The number of amides is 1. The maximum atomic E-state index is 12.9. The highest BCUT2D eigenvalue weighted by Gasteiger charge is 2.34.